The number of carbonyl (C=O) groups excluding carboxylic acids is 1. The molecule has 0 atom stereocenters. The van der Waals surface area contributed by atoms with Gasteiger partial charge in [0.2, 0.25) is 0 Å². The van der Waals surface area contributed by atoms with Crippen LogP contribution in [0.2, 0.25) is 0 Å². The summed E-state index contributed by atoms with van der Waals surface area (Å²) >= 11 is 0. The average molecular weight is 446 g/mol. The lowest BCUT2D eigenvalue weighted by molar-refractivity contribution is 0.102. The van der Waals surface area contributed by atoms with Crippen LogP contribution >= 0.6 is 0 Å². The largest absolute Gasteiger partial charge is 0.311 e. The number of hydrogen-bond donors (Lipinski definition) is 1. The van der Waals surface area contributed by atoms with Crippen LogP contribution in [0.15, 0.2) is 49.3 Å². The summed E-state index contributed by atoms with van der Waals surface area (Å²) in [7, 11) is 0. The molecule has 0 radical (unpaired) electrons. The van der Waals surface area contributed by atoms with Gasteiger partial charge in [0.05, 0.1) is 23.3 Å². The van der Waals surface area contributed by atoms with E-state index in [9.17, 15) is 9.18 Å². The number of halogens is 1. The van der Waals surface area contributed by atoms with Crippen molar-refractivity contribution in [3.05, 3.63) is 72.0 Å². The number of nitrogens with zero attached hydrogens (tertiary/aromatic N) is 6. The van der Waals surface area contributed by atoms with Gasteiger partial charge in [0.15, 0.2) is 5.82 Å². The second-order valence-electron chi connectivity index (χ2n) is 8.64. The predicted molar refractivity (Wildman–Crippen MR) is 122 cm³/mol. The SMILES string of the molecule is Cc1cc(F)c(C(=O)Nc2cc(-n3cnc(C4CC4)c3)ccn2)cc1-c1nncn1C(C)C. The van der Waals surface area contributed by atoms with E-state index in [0.29, 0.717) is 28.7 Å². The van der Waals surface area contributed by atoms with Gasteiger partial charge in [0.1, 0.15) is 18.0 Å². The van der Waals surface area contributed by atoms with Crippen LogP contribution in [-0.4, -0.2) is 35.2 Å². The van der Waals surface area contributed by atoms with Crippen LogP contribution in [0.3, 0.4) is 0 Å². The monoisotopic (exact) mass is 445 g/mol. The molecule has 9 heteroatoms. The first kappa shape index (κ1) is 21.0. The van der Waals surface area contributed by atoms with E-state index < -0.39 is 11.7 Å². The molecule has 0 unspecified atom stereocenters. The molecule has 3 aromatic heterocycles. The summed E-state index contributed by atoms with van der Waals surface area (Å²) in [6.07, 6.45) is 9.33. The van der Waals surface area contributed by atoms with Crippen molar-refractivity contribution in [1.29, 1.82) is 0 Å². The molecule has 1 aromatic carbocycles. The van der Waals surface area contributed by atoms with E-state index in [4.69, 9.17) is 0 Å². The summed E-state index contributed by atoms with van der Waals surface area (Å²) in [5.74, 6) is 0.268. The third kappa shape index (κ3) is 4.13. The molecule has 1 aliphatic carbocycles. The van der Waals surface area contributed by atoms with Crippen LogP contribution in [-0.2, 0) is 0 Å². The first-order valence-electron chi connectivity index (χ1n) is 10.9. The minimum absolute atomic E-state index is 0.0836. The van der Waals surface area contributed by atoms with Crippen molar-refractivity contribution < 1.29 is 9.18 Å². The molecule has 3 heterocycles. The number of hydrogen-bond acceptors (Lipinski definition) is 5. The molecule has 0 bridgehead atoms. The first-order chi connectivity index (χ1) is 15.9. The average Bonchev–Trinajstić information content (AvgIpc) is 3.31. The van der Waals surface area contributed by atoms with Crippen molar-refractivity contribution in [3.63, 3.8) is 0 Å². The van der Waals surface area contributed by atoms with E-state index in [1.54, 1.807) is 31.8 Å². The van der Waals surface area contributed by atoms with E-state index in [1.807, 2.05) is 35.2 Å². The summed E-state index contributed by atoms with van der Waals surface area (Å²) < 4.78 is 18.6. The van der Waals surface area contributed by atoms with Crippen LogP contribution < -0.4 is 5.32 Å². The summed E-state index contributed by atoms with van der Waals surface area (Å²) in [5.41, 5.74) is 3.13. The molecule has 8 nitrogen and oxygen atoms in total. The smallest absolute Gasteiger partial charge is 0.259 e. The molecule has 0 spiro atoms. The molecule has 5 rings (SSSR count). The van der Waals surface area contributed by atoms with Gasteiger partial charge in [0.25, 0.3) is 5.91 Å². The number of rotatable bonds is 6. The maximum atomic E-state index is 14.8. The highest BCUT2D eigenvalue weighted by Gasteiger charge is 2.26. The Balaban J connectivity index is 1.42. The molecule has 1 saturated carbocycles. The topological polar surface area (TPSA) is 90.5 Å². The Morgan fingerprint density at radius 1 is 1.18 bits per heavy atom. The second kappa shape index (κ2) is 8.23. The number of imidazole rings is 1. The molecule has 0 saturated heterocycles. The summed E-state index contributed by atoms with van der Waals surface area (Å²) in [6.45, 7) is 5.79. The van der Waals surface area contributed by atoms with E-state index in [2.05, 4.69) is 25.5 Å². The van der Waals surface area contributed by atoms with Crippen LogP contribution in [0.5, 0.6) is 0 Å². The number of nitrogens with one attached hydrogen (secondary N) is 1. The number of amides is 1. The minimum atomic E-state index is -0.607. The Morgan fingerprint density at radius 2 is 2.00 bits per heavy atom. The lowest BCUT2D eigenvalue weighted by Gasteiger charge is -2.14. The molecular weight excluding hydrogens is 421 g/mol. The lowest BCUT2D eigenvalue weighted by atomic mass is 10.0. The Kier molecular flexibility index (Phi) is 5.24. The van der Waals surface area contributed by atoms with E-state index in [0.717, 1.165) is 11.4 Å². The highest BCUT2D eigenvalue weighted by Crippen LogP contribution is 2.39. The Morgan fingerprint density at radius 3 is 2.76 bits per heavy atom. The Bertz CT molecular complexity index is 1340. The summed E-state index contributed by atoms with van der Waals surface area (Å²) in [5, 5.41) is 10.9. The van der Waals surface area contributed by atoms with Gasteiger partial charge >= 0.3 is 0 Å². The molecule has 168 valence electrons. The lowest BCUT2D eigenvalue weighted by Crippen LogP contribution is -2.16. The van der Waals surface area contributed by atoms with Crippen LogP contribution in [0.25, 0.3) is 17.1 Å². The van der Waals surface area contributed by atoms with Crippen LogP contribution in [0.4, 0.5) is 10.2 Å². The van der Waals surface area contributed by atoms with Crippen molar-refractivity contribution in [2.45, 2.75) is 45.6 Å². The number of pyridine rings is 1. The van der Waals surface area contributed by atoms with Crippen molar-refractivity contribution in [3.8, 4) is 17.1 Å². The van der Waals surface area contributed by atoms with E-state index in [1.165, 1.54) is 25.0 Å². The summed E-state index contributed by atoms with van der Waals surface area (Å²) in [4.78, 5) is 21.7. The van der Waals surface area contributed by atoms with Gasteiger partial charge in [-0.1, -0.05) is 0 Å². The highest BCUT2D eigenvalue weighted by atomic mass is 19.1. The van der Waals surface area contributed by atoms with Crippen LogP contribution in [0, 0.1) is 12.7 Å². The fourth-order valence-corrected chi connectivity index (χ4v) is 3.80. The molecule has 1 fully saturated rings. The van der Waals surface area contributed by atoms with Gasteiger partial charge < -0.3 is 14.5 Å². The van der Waals surface area contributed by atoms with Gasteiger partial charge in [-0.15, -0.1) is 10.2 Å². The molecule has 0 aliphatic heterocycles. The Hall–Kier alpha value is -3.88. The van der Waals surface area contributed by atoms with Gasteiger partial charge in [-0.25, -0.2) is 14.4 Å². The molecular formula is C24H24FN7O. The van der Waals surface area contributed by atoms with Crippen molar-refractivity contribution in [1.82, 2.24) is 29.3 Å². The van der Waals surface area contributed by atoms with Gasteiger partial charge in [-0.05, 0) is 57.4 Å². The zero-order valence-corrected chi connectivity index (χ0v) is 18.7. The third-order valence-electron chi connectivity index (χ3n) is 5.81. The maximum absolute atomic E-state index is 14.8. The molecule has 1 aliphatic rings. The number of anilines is 1. The highest BCUT2D eigenvalue weighted by molar-refractivity contribution is 6.04. The van der Waals surface area contributed by atoms with E-state index in [-0.39, 0.29) is 11.6 Å². The van der Waals surface area contributed by atoms with E-state index >= 15 is 0 Å². The zero-order valence-electron chi connectivity index (χ0n) is 18.7. The minimum Gasteiger partial charge on any atom is -0.311 e. The van der Waals surface area contributed by atoms with Gasteiger partial charge in [0, 0.05) is 36.0 Å². The molecule has 4 aromatic rings. The quantitative estimate of drug-likeness (QED) is 0.465. The number of aromatic nitrogens is 6. The first-order valence-corrected chi connectivity index (χ1v) is 10.9. The normalized spacial score (nSPS) is 13.5. The second-order valence-corrected chi connectivity index (χ2v) is 8.64. The number of benzene rings is 1. The number of aryl methyl sites for hydroxylation is 1. The summed E-state index contributed by atoms with van der Waals surface area (Å²) in [6, 6.07) is 6.55. The molecule has 1 amide bonds. The molecule has 33 heavy (non-hydrogen) atoms. The zero-order chi connectivity index (χ0) is 23.1. The fourth-order valence-electron chi connectivity index (χ4n) is 3.80. The van der Waals surface area contributed by atoms with Gasteiger partial charge in [-0.2, -0.15) is 0 Å². The Labute approximate surface area is 190 Å². The van der Waals surface area contributed by atoms with Gasteiger partial charge in [-0.3, -0.25) is 4.79 Å². The van der Waals surface area contributed by atoms with Crippen molar-refractivity contribution in [2.24, 2.45) is 0 Å². The van der Waals surface area contributed by atoms with Crippen molar-refractivity contribution in [2.75, 3.05) is 5.32 Å². The number of carbonyl (C=O) groups is 1. The van der Waals surface area contributed by atoms with Crippen molar-refractivity contribution >= 4 is 11.7 Å². The van der Waals surface area contributed by atoms with Crippen LogP contribution in [0.1, 0.15) is 60.3 Å². The maximum Gasteiger partial charge on any atom is 0.259 e. The molecule has 1 N–H and O–H groups in total. The fraction of sp³-hybridized carbons (Fsp3) is 0.292. The third-order valence-corrected chi connectivity index (χ3v) is 5.81. The predicted octanol–water partition coefficient (Wildman–Crippen LogP) is 4.68. The standard InChI is InChI=1S/C24H24FN7O/c1-14(2)32-13-28-30-23(32)18-10-19(20(25)8-15(18)3)24(33)29-22-9-17(6-7-26-22)31-11-21(27-12-31)16-4-5-16/h6-14,16H,4-5H2,1-3H3,(H,26,29,33).